The third-order valence-corrected chi connectivity index (χ3v) is 7.89. The molecule has 1 N–H and O–H groups in total. The van der Waals surface area contributed by atoms with Gasteiger partial charge < -0.3 is 38.5 Å². The summed E-state index contributed by atoms with van der Waals surface area (Å²) in [6.45, 7) is 7.40. The summed E-state index contributed by atoms with van der Waals surface area (Å²) in [5.74, 6) is 0. The minimum absolute atomic E-state index is 0.146. The molecule has 4 aromatic rings. The third kappa shape index (κ3) is 12.4. The van der Waals surface area contributed by atoms with E-state index in [0.29, 0.717) is 26.4 Å². The van der Waals surface area contributed by atoms with E-state index >= 15 is 0 Å². The molecule has 0 bridgehead atoms. The zero-order chi connectivity index (χ0) is 35.0. The second kappa shape index (κ2) is 19.3. The number of hydrogen-bond acceptors (Lipinski definition) is 8. The average Bonchev–Trinajstić information content (AvgIpc) is 3.12. The summed E-state index contributed by atoms with van der Waals surface area (Å²) >= 11 is 0. The Labute approximate surface area is 295 Å². The molecule has 0 aliphatic carbocycles. The Morgan fingerprint density at radius 2 is 1.04 bits per heavy atom. The molecule has 0 radical (unpaired) electrons. The van der Waals surface area contributed by atoms with Crippen molar-refractivity contribution in [1.82, 2.24) is 5.32 Å². The highest BCUT2D eigenvalue weighted by atomic mass is 16.7. The van der Waals surface area contributed by atoms with E-state index in [9.17, 15) is 4.79 Å². The van der Waals surface area contributed by atoms with Gasteiger partial charge in [-0.3, -0.25) is 0 Å². The number of carbonyl (C=O) groups is 1. The first-order valence-electron chi connectivity index (χ1n) is 17.2. The van der Waals surface area contributed by atoms with Gasteiger partial charge in [0.1, 0.15) is 30.0 Å². The highest BCUT2D eigenvalue weighted by Gasteiger charge is 2.49. The van der Waals surface area contributed by atoms with E-state index in [1.54, 1.807) is 0 Å². The highest BCUT2D eigenvalue weighted by molar-refractivity contribution is 5.67. The molecule has 5 rings (SSSR count). The van der Waals surface area contributed by atoms with Crippen molar-refractivity contribution in [2.75, 3.05) is 19.8 Å². The lowest BCUT2D eigenvalue weighted by atomic mass is 9.97. The Balaban J connectivity index is 1.40. The zero-order valence-corrected chi connectivity index (χ0v) is 29.1. The van der Waals surface area contributed by atoms with E-state index in [4.69, 9.17) is 33.2 Å². The molecule has 1 aliphatic rings. The van der Waals surface area contributed by atoms with E-state index in [0.717, 1.165) is 22.3 Å². The summed E-state index contributed by atoms with van der Waals surface area (Å²) in [6, 6.07) is 39.9. The SMILES string of the molecule is CC(C)(C)OC(=O)NCCO[C@H]1O[C@H](COCc2ccccc2)[C@H](OCc2ccccc2)[C@H](OCc2ccccc2)[C@H]1OCc1ccccc1. The molecule has 9 nitrogen and oxygen atoms in total. The first-order chi connectivity index (χ1) is 24.3. The molecule has 0 saturated carbocycles. The number of rotatable bonds is 17. The van der Waals surface area contributed by atoms with Crippen LogP contribution >= 0.6 is 0 Å². The predicted octanol–water partition coefficient (Wildman–Crippen LogP) is 7.23. The monoisotopic (exact) mass is 683 g/mol. The molecule has 1 amide bonds. The molecule has 1 fully saturated rings. The van der Waals surface area contributed by atoms with Crippen molar-refractivity contribution in [3.63, 3.8) is 0 Å². The first-order valence-corrected chi connectivity index (χ1v) is 17.2. The summed E-state index contributed by atoms with van der Waals surface area (Å²) in [6.07, 6.45) is -3.81. The lowest BCUT2D eigenvalue weighted by Crippen LogP contribution is -2.62. The predicted molar refractivity (Wildman–Crippen MR) is 190 cm³/mol. The van der Waals surface area contributed by atoms with Crippen LogP contribution in [-0.2, 0) is 59.6 Å². The van der Waals surface area contributed by atoms with Gasteiger partial charge in [0.05, 0.1) is 39.6 Å². The van der Waals surface area contributed by atoms with Crippen LogP contribution < -0.4 is 5.32 Å². The molecule has 9 heteroatoms. The van der Waals surface area contributed by atoms with Gasteiger partial charge >= 0.3 is 6.09 Å². The largest absolute Gasteiger partial charge is 0.444 e. The van der Waals surface area contributed by atoms with Gasteiger partial charge in [0, 0.05) is 6.54 Å². The highest BCUT2D eigenvalue weighted by Crippen LogP contribution is 2.31. The summed E-state index contributed by atoms with van der Waals surface area (Å²) < 4.78 is 44.7. The van der Waals surface area contributed by atoms with Gasteiger partial charge in [-0.2, -0.15) is 0 Å². The van der Waals surface area contributed by atoms with Gasteiger partial charge in [-0.05, 0) is 43.0 Å². The Bertz CT molecular complexity index is 1520. The summed E-state index contributed by atoms with van der Waals surface area (Å²) in [7, 11) is 0. The molecule has 1 saturated heterocycles. The maximum Gasteiger partial charge on any atom is 0.407 e. The van der Waals surface area contributed by atoms with Crippen molar-refractivity contribution >= 4 is 6.09 Å². The van der Waals surface area contributed by atoms with Crippen molar-refractivity contribution in [1.29, 1.82) is 0 Å². The van der Waals surface area contributed by atoms with Crippen molar-refractivity contribution < 1.29 is 38.0 Å². The number of benzene rings is 4. The first kappa shape index (κ1) is 37.2. The van der Waals surface area contributed by atoms with Crippen molar-refractivity contribution in [3.8, 4) is 0 Å². The maximum atomic E-state index is 12.3. The number of alkyl carbamates (subject to hydrolysis) is 1. The Morgan fingerprint density at radius 3 is 1.52 bits per heavy atom. The molecular weight excluding hydrogens is 634 g/mol. The van der Waals surface area contributed by atoms with Crippen LogP contribution in [0.4, 0.5) is 4.79 Å². The van der Waals surface area contributed by atoms with E-state index in [1.165, 1.54) is 0 Å². The molecule has 266 valence electrons. The molecule has 5 atom stereocenters. The number of ether oxygens (including phenoxy) is 7. The van der Waals surface area contributed by atoms with Gasteiger partial charge in [0.25, 0.3) is 0 Å². The van der Waals surface area contributed by atoms with Crippen LogP contribution in [0.15, 0.2) is 121 Å². The number of nitrogens with one attached hydrogen (secondary N) is 1. The minimum Gasteiger partial charge on any atom is -0.444 e. The van der Waals surface area contributed by atoms with E-state index in [2.05, 4.69) is 5.32 Å². The van der Waals surface area contributed by atoms with Crippen LogP contribution in [0.3, 0.4) is 0 Å². The summed E-state index contributed by atoms with van der Waals surface area (Å²) in [5.41, 5.74) is 3.46. The Hall–Kier alpha value is -4.09. The van der Waals surface area contributed by atoms with Gasteiger partial charge in [-0.1, -0.05) is 121 Å². The van der Waals surface area contributed by atoms with Crippen molar-refractivity contribution in [2.24, 2.45) is 0 Å². The molecular formula is C41H49NO8. The van der Waals surface area contributed by atoms with E-state index in [-0.39, 0.29) is 19.8 Å². The second-order valence-electron chi connectivity index (χ2n) is 13.1. The second-order valence-corrected chi connectivity index (χ2v) is 13.1. The van der Waals surface area contributed by atoms with Crippen molar-refractivity contribution in [2.45, 2.75) is 83.5 Å². The van der Waals surface area contributed by atoms with Crippen LogP contribution in [0.1, 0.15) is 43.0 Å². The molecule has 0 spiro atoms. The van der Waals surface area contributed by atoms with Gasteiger partial charge in [-0.25, -0.2) is 4.79 Å². The topological polar surface area (TPSA) is 93.7 Å². The normalized spacial score (nSPS) is 20.7. The summed E-state index contributed by atoms with van der Waals surface area (Å²) in [5, 5.41) is 2.76. The molecule has 0 unspecified atom stereocenters. The fraction of sp³-hybridized carbons (Fsp3) is 0.390. The van der Waals surface area contributed by atoms with Crippen molar-refractivity contribution in [3.05, 3.63) is 144 Å². The number of hydrogen-bond donors (Lipinski definition) is 1. The van der Waals surface area contributed by atoms with Crippen LogP contribution in [-0.4, -0.2) is 62.2 Å². The minimum atomic E-state index is -0.859. The lowest BCUT2D eigenvalue weighted by Gasteiger charge is -2.46. The van der Waals surface area contributed by atoms with Crippen LogP contribution in [0.5, 0.6) is 0 Å². The zero-order valence-electron chi connectivity index (χ0n) is 29.1. The smallest absolute Gasteiger partial charge is 0.407 e. The molecule has 1 heterocycles. The third-order valence-electron chi connectivity index (χ3n) is 7.89. The molecule has 1 aliphatic heterocycles. The molecule has 0 aromatic heterocycles. The lowest BCUT2D eigenvalue weighted by molar-refractivity contribution is -0.328. The van der Waals surface area contributed by atoms with Gasteiger partial charge in [0.2, 0.25) is 0 Å². The van der Waals surface area contributed by atoms with Crippen LogP contribution in [0, 0.1) is 0 Å². The van der Waals surface area contributed by atoms with E-state index in [1.807, 2.05) is 142 Å². The fourth-order valence-corrected chi connectivity index (χ4v) is 5.52. The number of amides is 1. The fourth-order valence-electron chi connectivity index (χ4n) is 5.52. The average molecular weight is 684 g/mol. The molecule has 4 aromatic carbocycles. The quantitative estimate of drug-likeness (QED) is 0.117. The van der Waals surface area contributed by atoms with Gasteiger partial charge in [0.15, 0.2) is 6.29 Å². The maximum absolute atomic E-state index is 12.3. The van der Waals surface area contributed by atoms with E-state index < -0.39 is 42.4 Å². The standard InChI is InChI=1S/C41H49NO8/c1-41(2,3)50-40(43)42-24-25-45-39-38(48-29-34-22-14-7-15-23-34)37(47-28-33-20-12-6-13-21-33)36(46-27-32-18-10-5-11-19-32)35(49-39)30-44-26-31-16-8-4-9-17-31/h4-23,35-39H,24-30H2,1-3H3,(H,42,43)/t35-,36+,37+,38-,39+/m1/s1. The van der Waals surface area contributed by atoms with Crippen LogP contribution in [0.2, 0.25) is 0 Å². The van der Waals surface area contributed by atoms with Gasteiger partial charge in [-0.15, -0.1) is 0 Å². The van der Waals surface area contributed by atoms with Crippen LogP contribution in [0.25, 0.3) is 0 Å². The number of carbonyl (C=O) groups excluding carboxylic acids is 1. The summed E-state index contributed by atoms with van der Waals surface area (Å²) in [4.78, 5) is 12.3. The Morgan fingerprint density at radius 1 is 0.600 bits per heavy atom. The molecule has 50 heavy (non-hydrogen) atoms. The Kier molecular flexibility index (Phi) is 14.4.